The first kappa shape index (κ1) is 18.0. The zero-order chi connectivity index (χ0) is 17.4. The molecule has 0 N–H and O–H groups in total. The van der Waals surface area contributed by atoms with E-state index in [1.54, 1.807) is 0 Å². The van der Waals surface area contributed by atoms with Crippen molar-refractivity contribution in [1.82, 2.24) is 0 Å². The van der Waals surface area contributed by atoms with Crippen LogP contribution in [0.4, 0.5) is 0 Å². The van der Waals surface area contributed by atoms with Crippen molar-refractivity contribution in [3.63, 3.8) is 0 Å². The number of benzene rings is 2. The molecule has 0 spiro atoms. The van der Waals surface area contributed by atoms with E-state index in [-0.39, 0.29) is 5.97 Å². The van der Waals surface area contributed by atoms with Crippen LogP contribution >= 0.6 is 0 Å². The first-order valence-electron chi connectivity index (χ1n) is 8.52. The third-order valence-electron chi connectivity index (χ3n) is 3.86. The van der Waals surface area contributed by atoms with Gasteiger partial charge in [-0.05, 0) is 57.2 Å². The summed E-state index contributed by atoms with van der Waals surface area (Å²) in [6.07, 6.45) is 5.08. The summed E-state index contributed by atoms with van der Waals surface area (Å²) in [5.74, 6) is 0.524. The fraction of sp³-hybridized carbons (Fsp3) is 0.318. The summed E-state index contributed by atoms with van der Waals surface area (Å²) in [5.41, 5.74) is 4.75. The molecule has 0 unspecified atom stereocenters. The second kappa shape index (κ2) is 9.07. The molecule has 2 aromatic rings. The summed E-state index contributed by atoms with van der Waals surface area (Å²) in [6.45, 7) is 6.20. The van der Waals surface area contributed by atoms with E-state index in [0.717, 1.165) is 24.8 Å². The molecular formula is C22H26O2. The average Bonchev–Trinajstić information content (AvgIpc) is 2.56. The topological polar surface area (TPSA) is 26.3 Å². The van der Waals surface area contributed by atoms with Gasteiger partial charge < -0.3 is 4.74 Å². The van der Waals surface area contributed by atoms with Crippen molar-refractivity contribution in [1.29, 1.82) is 0 Å². The Morgan fingerprint density at radius 2 is 1.83 bits per heavy atom. The summed E-state index contributed by atoms with van der Waals surface area (Å²) in [5, 5.41) is 0. The van der Waals surface area contributed by atoms with Gasteiger partial charge in [0.15, 0.2) is 0 Å². The molecule has 2 aromatic carbocycles. The van der Waals surface area contributed by atoms with Crippen molar-refractivity contribution in [2.45, 2.75) is 46.5 Å². The van der Waals surface area contributed by atoms with Gasteiger partial charge in [-0.2, -0.15) is 0 Å². The van der Waals surface area contributed by atoms with E-state index in [1.807, 2.05) is 30.3 Å². The summed E-state index contributed by atoms with van der Waals surface area (Å²) in [7, 11) is 0. The minimum absolute atomic E-state index is 0.159. The average molecular weight is 322 g/mol. The molecule has 0 atom stereocenters. The maximum atomic E-state index is 12.1. The highest BCUT2D eigenvalue weighted by Gasteiger charge is 2.09. The van der Waals surface area contributed by atoms with Crippen molar-refractivity contribution >= 4 is 5.97 Å². The number of esters is 1. The molecule has 0 aromatic heterocycles. The van der Waals surface area contributed by atoms with Gasteiger partial charge in [0.1, 0.15) is 5.75 Å². The third kappa shape index (κ3) is 6.04. The number of ether oxygens (including phenoxy) is 1. The summed E-state index contributed by atoms with van der Waals surface area (Å²) < 4.78 is 5.60. The smallest absolute Gasteiger partial charge is 0.311 e. The van der Waals surface area contributed by atoms with Crippen LogP contribution in [0, 0.1) is 6.92 Å². The van der Waals surface area contributed by atoms with E-state index in [4.69, 9.17) is 4.74 Å². The second-order valence-corrected chi connectivity index (χ2v) is 6.41. The molecule has 0 aliphatic heterocycles. The maximum Gasteiger partial charge on any atom is 0.311 e. The molecule has 0 heterocycles. The summed E-state index contributed by atoms with van der Waals surface area (Å²) >= 11 is 0. The molecule has 0 amide bonds. The van der Waals surface area contributed by atoms with Crippen molar-refractivity contribution in [3.8, 4) is 5.75 Å². The molecule has 24 heavy (non-hydrogen) atoms. The fourth-order valence-electron chi connectivity index (χ4n) is 2.54. The van der Waals surface area contributed by atoms with Gasteiger partial charge in [0.2, 0.25) is 0 Å². The van der Waals surface area contributed by atoms with Crippen molar-refractivity contribution < 1.29 is 9.53 Å². The molecule has 0 radical (unpaired) electrons. The molecule has 0 fully saturated rings. The SMILES string of the molecule is CC(C)=CCc1cc(C)ccc1OC(=O)CCCc1ccccc1. The summed E-state index contributed by atoms with van der Waals surface area (Å²) in [6, 6.07) is 16.2. The first-order valence-corrected chi connectivity index (χ1v) is 8.52. The van der Waals surface area contributed by atoms with E-state index in [2.05, 4.69) is 45.0 Å². The summed E-state index contributed by atoms with van der Waals surface area (Å²) in [4.78, 5) is 12.1. The van der Waals surface area contributed by atoms with Gasteiger partial charge in [0, 0.05) is 6.42 Å². The predicted octanol–water partition coefficient (Wildman–Crippen LogP) is 5.43. The zero-order valence-electron chi connectivity index (χ0n) is 14.8. The highest BCUT2D eigenvalue weighted by Crippen LogP contribution is 2.22. The van der Waals surface area contributed by atoms with E-state index in [1.165, 1.54) is 16.7 Å². The van der Waals surface area contributed by atoms with E-state index in [0.29, 0.717) is 12.2 Å². The first-order chi connectivity index (χ1) is 11.5. The van der Waals surface area contributed by atoms with Crippen molar-refractivity contribution in [2.75, 3.05) is 0 Å². The number of carbonyl (C=O) groups is 1. The Bertz CT molecular complexity index is 695. The standard InChI is InChI=1S/C22H26O2/c1-17(2)12-14-20-16-18(3)13-15-21(20)24-22(23)11-7-10-19-8-5-4-6-9-19/h4-6,8-9,12-13,15-16H,7,10-11,14H2,1-3H3. The van der Waals surface area contributed by atoms with Crippen LogP contribution in [0.3, 0.4) is 0 Å². The lowest BCUT2D eigenvalue weighted by atomic mass is 10.1. The van der Waals surface area contributed by atoms with Crippen LogP contribution < -0.4 is 4.74 Å². The van der Waals surface area contributed by atoms with Crippen LogP contribution in [0.15, 0.2) is 60.2 Å². The molecule has 2 rings (SSSR count). The second-order valence-electron chi connectivity index (χ2n) is 6.41. The minimum atomic E-state index is -0.159. The molecule has 2 nitrogen and oxygen atoms in total. The normalized spacial score (nSPS) is 10.3. The molecule has 126 valence electrons. The molecular weight excluding hydrogens is 296 g/mol. The lowest BCUT2D eigenvalue weighted by Gasteiger charge is -2.10. The van der Waals surface area contributed by atoms with Crippen molar-refractivity contribution in [2.24, 2.45) is 0 Å². The fourth-order valence-corrected chi connectivity index (χ4v) is 2.54. The van der Waals surface area contributed by atoms with E-state index < -0.39 is 0 Å². The number of carbonyl (C=O) groups excluding carboxylic acids is 1. The Kier molecular flexibility index (Phi) is 6.80. The highest BCUT2D eigenvalue weighted by atomic mass is 16.5. The van der Waals surface area contributed by atoms with Gasteiger partial charge in [0.25, 0.3) is 0 Å². The van der Waals surface area contributed by atoms with Crippen LogP contribution in [0.2, 0.25) is 0 Å². The third-order valence-corrected chi connectivity index (χ3v) is 3.86. The van der Waals surface area contributed by atoms with Crippen LogP contribution in [-0.2, 0) is 17.6 Å². The molecule has 0 aliphatic carbocycles. The van der Waals surface area contributed by atoms with Crippen LogP contribution in [0.5, 0.6) is 5.75 Å². The van der Waals surface area contributed by atoms with Gasteiger partial charge in [-0.3, -0.25) is 4.79 Å². The Hall–Kier alpha value is -2.35. The van der Waals surface area contributed by atoms with E-state index in [9.17, 15) is 4.79 Å². The number of allylic oxidation sites excluding steroid dienone is 2. The van der Waals surface area contributed by atoms with Gasteiger partial charge in [-0.1, -0.05) is 59.7 Å². The lowest BCUT2D eigenvalue weighted by Crippen LogP contribution is -2.09. The Labute approximate surface area is 145 Å². The quantitative estimate of drug-likeness (QED) is 0.386. The predicted molar refractivity (Wildman–Crippen MR) is 99.3 cm³/mol. The molecule has 0 saturated carbocycles. The molecule has 2 heteroatoms. The Balaban J connectivity index is 1.92. The van der Waals surface area contributed by atoms with Gasteiger partial charge in [0.05, 0.1) is 0 Å². The zero-order valence-corrected chi connectivity index (χ0v) is 14.8. The monoisotopic (exact) mass is 322 g/mol. The number of hydrogen-bond acceptors (Lipinski definition) is 2. The van der Waals surface area contributed by atoms with Crippen LogP contribution in [0.1, 0.15) is 43.4 Å². The highest BCUT2D eigenvalue weighted by molar-refractivity contribution is 5.72. The number of aryl methyl sites for hydroxylation is 2. The number of rotatable bonds is 7. The van der Waals surface area contributed by atoms with Crippen LogP contribution in [-0.4, -0.2) is 5.97 Å². The Morgan fingerprint density at radius 1 is 1.08 bits per heavy atom. The molecule has 0 aliphatic rings. The van der Waals surface area contributed by atoms with E-state index >= 15 is 0 Å². The van der Waals surface area contributed by atoms with Gasteiger partial charge in [-0.25, -0.2) is 0 Å². The molecule has 0 bridgehead atoms. The molecule has 0 saturated heterocycles. The number of hydrogen-bond donors (Lipinski definition) is 0. The van der Waals surface area contributed by atoms with Gasteiger partial charge in [-0.15, -0.1) is 0 Å². The van der Waals surface area contributed by atoms with Gasteiger partial charge >= 0.3 is 5.97 Å². The van der Waals surface area contributed by atoms with Crippen molar-refractivity contribution in [3.05, 3.63) is 76.9 Å². The largest absolute Gasteiger partial charge is 0.426 e. The Morgan fingerprint density at radius 3 is 2.54 bits per heavy atom. The van der Waals surface area contributed by atoms with Crippen LogP contribution in [0.25, 0.3) is 0 Å². The minimum Gasteiger partial charge on any atom is -0.426 e. The lowest BCUT2D eigenvalue weighted by molar-refractivity contribution is -0.134. The maximum absolute atomic E-state index is 12.1.